The number of hydrogen-bond donors (Lipinski definition) is 0. The molecular weight excluding hydrogens is 406 g/mol. The smallest absolute Gasteiger partial charge is 0.223 e. The molecule has 0 radical (unpaired) electrons. The van der Waals surface area contributed by atoms with Crippen molar-refractivity contribution >= 4 is 15.7 Å². The summed E-state index contributed by atoms with van der Waals surface area (Å²) in [6.07, 6.45) is 1.99. The molecule has 2 aromatic carbocycles. The van der Waals surface area contributed by atoms with Crippen molar-refractivity contribution in [3.05, 3.63) is 47.5 Å². The van der Waals surface area contributed by atoms with Gasteiger partial charge in [0.05, 0.1) is 32.3 Å². The Balaban J connectivity index is 2.09. The van der Waals surface area contributed by atoms with Gasteiger partial charge in [0.2, 0.25) is 11.7 Å². The number of sulfone groups is 1. The zero-order chi connectivity index (χ0) is 22.5. The number of carbonyl (C=O) groups excluding carboxylic acids is 1. The van der Waals surface area contributed by atoms with Gasteiger partial charge in [0.1, 0.15) is 0 Å². The van der Waals surface area contributed by atoms with Gasteiger partial charge in [0, 0.05) is 19.7 Å². The molecule has 0 heterocycles. The molecule has 0 saturated carbocycles. The molecule has 0 bridgehead atoms. The van der Waals surface area contributed by atoms with Crippen LogP contribution in [-0.4, -0.2) is 53.9 Å². The Morgan fingerprint density at radius 3 is 1.97 bits per heavy atom. The first-order valence-electron chi connectivity index (χ1n) is 9.47. The van der Waals surface area contributed by atoms with E-state index in [0.717, 1.165) is 11.1 Å². The van der Waals surface area contributed by atoms with Crippen molar-refractivity contribution in [1.82, 2.24) is 4.90 Å². The molecule has 0 spiro atoms. The fraction of sp³-hybridized carbons (Fsp3) is 0.409. The molecule has 0 aliphatic carbocycles. The van der Waals surface area contributed by atoms with Crippen molar-refractivity contribution in [2.24, 2.45) is 0 Å². The van der Waals surface area contributed by atoms with Crippen LogP contribution in [0.3, 0.4) is 0 Å². The second-order valence-electron chi connectivity index (χ2n) is 7.06. The van der Waals surface area contributed by atoms with Gasteiger partial charge in [-0.05, 0) is 48.7 Å². The minimum absolute atomic E-state index is 0.0246. The van der Waals surface area contributed by atoms with Crippen LogP contribution >= 0.6 is 0 Å². The van der Waals surface area contributed by atoms with Crippen molar-refractivity contribution in [3.8, 4) is 17.2 Å². The summed E-state index contributed by atoms with van der Waals surface area (Å²) in [6, 6.07) is 10.1. The number of hydrogen-bond acceptors (Lipinski definition) is 6. The first-order valence-corrected chi connectivity index (χ1v) is 11.4. The molecule has 2 aromatic rings. The molecule has 0 fully saturated rings. The Morgan fingerprint density at radius 1 is 1.00 bits per heavy atom. The maximum Gasteiger partial charge on any atom is 0.223 e. The summed E-state index contributed by atoms with van der Waals surface area (Å²) in [6.45, 7) is 1.91. The Hall–Kier alpha value is -2.74. The summed E-state index contributed by atoms with van der Waals surface area (Å²) in [5.74, 6) is 1.58. The highest BCUT2D eigenvalue weighted by Gasteiger charge is 2.19. The predicted molar refractivity (Wildman–Crippen MR) is 115 cm³/mol. The highest BCUT2D eigenvalue weighted by molar-refractivity contribution is 7.90. The van der Waals surface area contributed by atoms with Crippen LogP contribution < -0.4 is 14.2 Å². The summed E-state index contributed by atoms with van der Waals surface area (Å²) < 4.78 is 39.3. The lowest BCUT2D eigenvalue weighted by atomic mass is 10.0. The van der Waals surface area contributed by atoms with Gasteiger partial charge in [-0.2, -0.15) is 0 Å². The van der Waals surface area contributed by atoms with Crippen LogP contribution in [-0.2, 0) is 21.1 Å². The average Bonchev–Trinajstić information content (AvgIpc) is 2.74. The summed E-state index contributed by atoms with van der Waals surface area (Å²) >= 11 is 0. The molecule has 1 atom stereocenters. The van der Waals surface area contributed by atoms with Crippen LogP contribution in [0.15, 0.2) is 41.3 Å². The lowest BCUT2D eigenvalue weighted by Gasteiger charge is -2.25. The molecular formula is C22H29NO6S. The van der Waals surface area contributed by atoms with E-state index in [2.05, 4.69) is 0 Å². The molecule has 1 unspecified atom stereocenters. The van der Waals surface area contributed by atoms with E-state index in [1.807, 2.05) is 19.1 Å². The zero-order valence-corrected chi connectivity index (χ0v) is 19.1. The van der Waals surface area contributed by atoms with Gasteiger partial charge in [0.25, 0.3) is 0 Å². The maximum atomic E-state index is 12.7. The lowest BCUT2D eigenvalue weighted by molar-refractivity contribution is -0.131. The Bertz CT molecular complexity index is 960. The third kappa shape index (κ3) is 5.44. The third-order valence-corrected chi connectivity index (χ3v) is 6.25. The van der Waals surface area contributed by atoms with E-state index in [-0.39, 0.29) is 16.8 Å². The molecule has 0 saturated heterocycles. The number of nitrogens with zero attached hydrogens (tertiary/aromatic N) is 1. The Morgan fingerprint density at radius 2 is 1.53 bits per heavy atom. The third-order valence-electron chi connectivity index (χ3n) is 5.12. The second-order valence-corrected chi connectivity index (χ2v) is 9.07. The largest absolute Gasteiger partial charge is 0.493 e. The monoisotopic (exact) mass is 435 g/mol. The number of aryl methyl sites for hydroxylation is 1. The minimum atomic E-state index is -3.25. The van der Waals surface area contributed by atoms with Gasteiger partial charge in [-0.25, -0.2) is 8.42 Å². The first-order chi connectivity index (χ1) is 14.1. The molecule has 0 N–H and O–H groups in total. The van der Waals surface area contributed by atoms with E-state index in [1.165, 1.54) is 6.26 Å². The van der Waals surface area contributed by atoms with Gasteiger partial charge >= 0.3 is 0 Å². The van der Waals surface area contributed by atoms with Gasteiger partial charge in [-0.3, -0.25) is 4.79 Å². The van der Waals surface area contributed by atoms with Gasteiger partial charge < -0.3 is 19.1 Å². The van der Waals surface area contributed by atoms with Crippen LogP contribution in [0.2, 0.25) is 0 Å². The Kier molecular flexibility index (Phi) is 7.72. The average molecular weight is 436 g/mol. The highest BCUT2D eigenvalue weighted by atomic mass is 32.2. The lowest BCUT2D eigenvalue weighted by Crippen LogP contribution is -2.29. The number of methoxy groups -OCH3 is 3. The number of carbonyl (C=O) groups is 1. The molecule has 0 aliphatic rings. The molecule has 30 heavy (non-hydrogen) atoms. The SMILES string of the molecule is COc1cc(CCC(=O)N(C)C(C)c2ccc(S(C)(=O)=O)cc2)cc(OC)c1OC. The number of ether oxygens (including phenoxy) is 3. The summed E-state index contributed by atoms with van der Waals surface area (Å²) in [5.41, 5.74) is 1.77. The molecule has 0 aromatic heterocycles. The first kappa shape index (κ1) is 23.5. The van der Waals surface area contributed by atoms with Crippen molar-refractivity contribution in [2.45, 2.75) is 30.7 Å². The van der Waals surface area contributed by atoms with Gasteiger partial charge in [-0.15, -0.1) is 0 Å². The van der Waals surface area contributed by atoms with Gasteiger partial charge in [0.15, 0.2) is 21.3 Å². The fourth-order valence-electron chi connectivity index (χ4n) is 3.14. The number of rotatable bonds is 9. The van der Waals surface area contributed by atoms with E-state index >= 15 is 0 Å². The van der Waals surface area contributed by atoms with Gasteiger partial charge in [-0.1, -0.05) is 12.1 Å². The van der Waals surface area contributed by atoms with Crippen LogP contribution in [0, 0.1) is 0 Å². The van der Waals surface area contributed by atoms with Crippen molar-refractivity contribution in [1.29, 1.82) is 0 Å². The fourth-order valence-corrected chi connectivity index (χ4v) is 3.77. The molecule has 7 nitrogen and oxygen atoms in total. The van der Waals surface area contributed by atoms with Crippen LogP contribution in [0.1, 0.15) is 30.5 Å². The van der Waals surface area contributed by atoms with E-state index in [1.54, 1.807) is 57.5 Å². The van der Waals surface area contributed by atoms with Crippen LogP contribution in [0.5, 0.6) is 17.2 Å². The van der Waals surface area contributed by atoms with E-state index in [4.69, 9.17) is 14.2 Å². The van der Waals surface area contributed by atoms with Crippen LogP contribution in [0.4, 0.5) is 0 Å². The number of amides is 1. The quantitative estimate of drug-likeness (QED) is 0.601. The molecule has 8 heteroatoms. The van der Waals surface area contributed by atoms with E-state index in [9.17, 15) is 13.2 Å². The van der Waals surface area contributed by atoms with Crippen molar-refractivity contribution < 1.29 is 27.4 Å². The molecule has 0 aliphatic heterocycles. The standard InChI is InChI=1S/C22H29NO6S/c1-15(17-8-10-18(11-9-17)30(6,25)26)23(2)21(24)12-7-16-13-19(27-3)22(29-5)20(14-16)28-4/h8-11,13-15H,7,12H2,1-6H3. The second kappa shape index (κ2) is 9.84. The summed E-state index contributed by atoms with van der Waals surface area (Å²) in [7, 11) is 3.14. The summed E-state index contributed by atoms with van der Waals surface area (Å²) in [5, 5.41) is 0. The van der Waals surface area contributed by atoms with E-state index < -0.39 is 9.84 Å². The molecule has 1 amide bonds. The highest BCUT2D eigenvalue weighted by Crippen LogP contribution is 2.38. The van der Waals surface area contributed by atoms with Crippen molar-refractivity contribution in [2.75, 3.05) is 34.6 Å². The molecule has 164 valence electrons. The topological polar surface area (TPSA) is 82.1 Å². The minimum Gasteiger partial charge on any atom is -0.493 e. The van der Waals surface area contributed by atoms with E-state index in [0.29, 0.717) is 30.1 Å². The predicted octanol–water partition coefficient (Wildman–Crippen LogP) is 3.27. The van der Waals surface area contributed by atoms with Crippen molar-refractivity contribution in [3.63, 3.8) is 0 Å². The Labute approximate surface area is 178 Å². The summed E-state index contributed by atoms with van der Waals surface area (Å²) in [4.78, 5) is 14.7. The number of benzene rings is 2. The zero-order valence-electron chi connectivity index (χ0n) is 18.3. The molecule has 2 rings (SSSR count). The normalized spacial score (nSPS) is 12.2. The maximum absolute atomic E-state index is 12.7. The van der Waals surface area contributed by atoms with Crippen LogP contribution in [0.25, 0.3) is 0 Å².